The van der Waals surface area contributed by atoms with E-state index in [-0.39, 0.29) is 0 Å². The summed E-state index contributed by atoms with van der Waals surface area (Å²) >= 11 is 5.91. The fraction of sp³-hybridized carbons (Fsp3) is 0.357. The third-order valence-electron chi connectivity index (χ3n) is 3.49. The van der Waals surface area contributed by atoms with E-state index < -0.39 is 0 Å². The SMILES string of the molecule is Nc1onc(CN2CCCC2)c1-c1ccc(Cl)cc1. The van der Waals surface area contributed by atoms with Crippen molar-refractivity contribution in [3.8, 4) is 11.1 Å². The fourth-order valence-electron chi connectivity index (χ4n) is 2.52. The van der Waals surface area contributed by atoms with E-state index in [0.717, 1.165) is 36.5 Å². The fourth-order valence-corrected chi connectivity index (χ4v) is 2.65. The summed E-state index contributed by atoms with van der Waals surface area (Å²) in [6.07, 6.45) is 2.51. The number of anilines is 1. The van der Waals surface area contributed by atoms with Gasteiger partial charge in [0.25, 0.3) is 0 Å². The second-order valence-corrected chi connectivity index (χ2v) is 5.30. The first kappa shape index (κ1) is 12.5. The van der Waals surface area contributed by atoms with E-state index in [0.29, 0.717) is 10.9 Å². The van der Waals surface area contributed by atoms with E-state index in [2.05, 4.69) is 10.1 Å². The number of hydrogen-bond donors (Lipinski definition) is 1. The van der Waals surface area contributed by atoms with E-state index in [4.69, 9.17) is 21.9 Å². The van der Waals surface area contributed by atoms with Gasteiger partial charge < -0.3 is 10.3 Å². The third-order valence-corrected chi connectivity index (χ3v) is 3.75. The van der Waals surface area contributed by atoms with Crippen LogP contribution in [0.15, 0.2) is 28.8 Å². The minimum absolute atomic E-state index is 0.372. The quantitative estimate of drug-likeness (QED) is 0.936. The zero-order chi connectivity index (χ0) is 13.2. The topological polar surface area (TPSA) is 55.3 Å². The lowest BCUT2D eigenvalue weighted by Gasteiger charge is -2.13. The van der Waals surface area contributed by atoms with Crippen LogP contribution in [-0.2, 0) is 6.54 Å². The molecule has 0 aliphatic carbocycles. The first-order valence-electron chi connectivity index (χ1n) is 6.46. The zero-order valence-corrected chi connectivity index (χ0v) is 11.4. The summed E-state index contributed by atoms with van der Waals surface area (Å²) < 4.78 is 5.16. The lowest BCUT2D eigenvalue weighted by atomic mass is 10.1. The molecule has 0 amide bonds. The molecule has 1 aliphatic rings. The van der Waals surface area contributed by atoms with Gasteiger partial charge in [-0.1, -0.05) is 28.9 Å². The van der Waals surface area contributed by atoms with Crippen molar-refractivity contribution >= 4 is 17.5 Å². The molecule has 2 aromatic rings. The summed E-state index contributed by atoms with van der Waals surface area (Å²) in [5.74, 6) is 0.372. The van der Waals surface area contributed by atoms with Gasteiger partial charge in [0.2, 0.25) is 5.88 Å². The van der Waals surface area contributed by atoms with Crippen molar-refractivity contribution in [3.05, 3.63) is 35.0 Å². The molecule has 0 saturated carbocycles. The van der Waals surface area contributed by atoms with Crippen molar-refractivity contribution in [3.63, 3.8) is 0 Å². The molecule has 100 valence electrons. The van der Waals surface area contributed by atoms with Crippen LogP contribution in [0.3, 0.4) is 0 Å². The molecule has 1 aromatic carbocycles. The zero-order valence-electron chi connectivity index (χ0n) is 10.6. The standard InChI is InChI=1S/C14H16ClN3O/c15-11-5-3-10(4-6-11)13-12(17-19-14(13)16)9-18-7-1-2-8-18/h3-6H,1-2,7-9,16H2. The predicted octanol–water partition coefficient (Wildman–Crippen LogP) is 3.17. The molecule has 19 heavy (non-hydrogen) atoms. The molecule has 0 bridgehead atoms. The maximum absolute atomic E-state index is 5.91. The van der Waals surface area contributed by atoms with Crippen LogP contribution in [-0.4, -0.2) is 23.1 Å². The van der Waals surface area contributed by atoms with Crippen LogP contribution in [0.25, 0.3) is 11.1 Å². The average molecular weight is 278 g/mol. The molecular formula is C14H16ClN3O. The second kappa shape index (κ2) is 5.23. The normalized spacial score (nSPS) is 16.1. The third kappa shape index (κ3) is 2.60. The Hall–Kier alpha value is -1.52. The van der Waals surface area contributed by atoms with Gasteiger partial charge >= 0.3 is 0 Å². The number of nitrogens with zero attached hydrogens (tertiary/aromatic N) is 2. The number of nitrogen functional groups attached to an aromatic ring is 1. The summed E-state index contributed by atoms with van der Waals surface area (Å²) in [4.78, 5) is 2.37. The Labute approximate surface area is 117 Å². The van der Waals surface area contributed by atoms with Crippen molar-refractivity contribution in [1.29, 1.82) is 0 Å². The van der Waals surface area contributed by atoms with Crippen LogP contribution in [0.1, 0.15) is 18.5 Å². The van der Waals surface area contributed by atoms with Crippen LogP contribution in [0.2, 0.25) is 5.02 Å². The Balaban J connectivity index is 1.91. The summed E-state index contributed by atoms with van der Waals surface area (Å²) in [6, 6.07) is 7.59. The molecule has 1 aromatic heterocycles. The molecular weight excluding hydrogens is 262 g/mol. The van der Waals surface area contributed by atoms with Gasteiger partial charge in [0, 0.05) is 11.6 Å². The average Bonchev–Trinajstić information content (AvgIpc) is 3.02. The molecule has 2 heterocycles. The highest BCUT2D eigenvalue weighted by Crippen LogP contribution is 2.31. The van der Waals surface area contributed by atoms with Crippen molar-refractivity contribution in [2.45, 2.75) is 19.4 Å². The molecule has 3 rings (SSSR count). The molecule has 2 N–H and O–H groups in total. The Bertz CT molecular complexity index is 559. The highest BCUT2D eigenvalue weighted by Gasteiger charge is 2.20. The molecule has 1 saturated heterocycles. The number of rotatable bonds is 3. The van der Waals surface area contributed by atoms with Gasteiger partial charge in [-0.15, -0.1) is 0 Å². The molecule has 1 aliphatic heterocycles. The first-order valence-corrected chi connectivity index (χ1v) is 6.84. The molecule has 4 nitrogen and oxygen atoms in total. The predicted molar refractivity (Wildman–Crippen MR) is 75.9 cm³/mol. The number of nitrogens with two attached hydrogens (primary N) is 1. The smallest absolute Gasteiger partial charge is 0.230 e. The second-order valence-electron chi connectivity index (χ2n) is 4.86. The van der Waals surface area contributed by atoms with E-state index in [1.165, 1.54) is 12.8 Å². The van der Waals surface area contributed by atoms with Gasteiger partial charge in [0.05, 0.1) is 5.56 Å². The van der Waals surface area contributed by atoms with Gasteiger partial charge in [0.1, 0.15) is 5.69 Å². The van der Waals surface area contributed by atoms with Crippen molar-refractivity contribution in [1.82, 2.24) is 10.1 Å². The van der Waals surface area contributed by atoms with Gasteiger partial charge in [-0.25, -0.2) is 0 Å². The van der Waals surface area contributed by atoms with Crippen LogP contribution in [0, 0.1) is 0 Å². The van der Waals surface area contributed by atoms with Crippen LogP contribution in [0.4, 0.5) is 5.88 Å². The molecule has 0 atom stereocenters. The Morgan fingerprint density at radius 1 is 1.21 bits per heavy atom. The van der Waals surface area contributed by atoms with E-state index in [1.807, 2.05) is 24.3 Å². The maximum Gasteiger partial charge on any atom is 0.230 e. The van der Waals surface area contributed by atoms with Crippen molar-refractivity contribution in [2.24, 2.45) is 0 Å². The van der Waals surface area contributed by atoms with E-state index in [9.17, 15) is 0 Å². The van der Waals surface area contributed by atoms with E-state index in [1.54, 1.807) is 0 Å². The Morgan fingerprint density at radius 2 is 1.89 bits per heavy atom. The van der Waals surface area contributed by atoms with E-state index >= 15 is 0 Å². The van der Waals surface area contributed by atoms with Crippen molar-refractivity contribution < 1.29 is 4.52 Å². The lowest BCUT2D eigenvalue weighted by molar-refractivity contribution is 0.315. The number of aromatic nitrogens is 1. The number of likely N-dealkylation sites (tertiary alicyclic amines) is 1. The van der Waals surface area contributed by atoms with Gasteiger partial charge in [-0.05, 0) is 43.6 Å². The molecule has 5 heteroatoms. The van der Waals surface area contributed by atoms with Crippen LogP contribution in [0.5, 0.6) is 0 Å². The monoisotopic (exact) mass is 277 g/mol. The van der Waals surface area contributed by atoms with Gasteiger partial charge in [-0.3, -0.25) is 4.90 Å². The molecule has 0 spiro atoms. The number of halogens is 1. The number of hydrogen-bond acceptors (Lipinski definition) is 4. The Kier molecular flexibility index (Phi) is 3.44. The van der Waals surface area contributed by atoms with Crippen LogP contribution >= 0.6 is 11.6 Å². The molecule has 1 fully saturated rings. The summed E-state index contributed by atoms with van der Waals surface area (Å²) in [7, 11) is 0. The maximum atomic E-state index is 5.91. The Morgan fingerprint density at radius 3 is 2.58 bits per heavy atom. The first-order chi connectivity index (χ1) is 9.24. The summed E-state index contributed by atoms with van der Waals surface area (Å²) in [6.45, 7) is 3.03. The van der Waals surface area contributed by atoms with Crippen molar-refractivity contribution in [2.75, 3.05) is 18.8 Å². The van der Waals surface area contributed by atoms with Crippen LogP contribution < -0.4 is 5.73 Å². The lowest BCUT2D eigenvalue weighted by Crippen LogP contribution is -2.19. The van der Waals surface area contributed by atoms with Gasteiger partial charge in [0.15, 0.2) is 0 Å². The summed E-state index contributed by atoms with van der Waals surface area (Å²) in [5, 5.41) is 4.81. The minimum atomic E-state index is 0.372. The minimum Gasteiger partial charge on any atom is -0.367 e. The summed E-state index contributed by atoms with van der Waals surface area (Å²) in [5.41, 5.74) is 8.70. The molecule has 0 unspecified atom stereocenters. The highest BCUT2D eigenvalue weighted by molar-refractivity contribution is 6.30. The van der Waals surface area contributed by atoms with Gasteiger partial charge in [-0.2, -0.15) is 0 Å². The largest absolute Gasteiger partial charge is 0.367 e. The number of benzene rings is 1. The highest BCUT2D eigenvalue weighted by atomic mass is 35.5. The molecule has 0 radical (unpaired) electrons.